The van der Waals surface area contributed by atoms with E-state index in [1.807, 2.05) is 12.1 Å². The molecule has 3 N–H and O–H groups in total. The number of carbonyl (C=O) groups is 1. The summed E-state index contributed by atoms with van der Waals surface area (Å²) >= 11 is 0. The molecule has 29 heavy (non-hydrogen) atoms. The van der Waals surface area contributed by atoms with Gasteiger partial charge in [0.05, 0.1) is 13.6 Å². The van der Waals surface area contributed by atoms with Crippen molar-refractivity contribution in [3.05, 3.63) is 70.8 Å². The number of amides is 1. The van der Waals surface area contributed by atoms with Crippen LogP contribution in [0.2, 0.25) is 0 Å². The number of hydrogen-bond donors (Lipinski definition) is 3. The van der Waals surface area contributed by atoms with Crippen LogP contribution in [0.1, 0.15) is 53.9 Å². The Morgan fingerprint density at radius 1 is 0.966 bits per heavy atom. The topological polar surface area (TPSA) is 38.0 Å². The van der Waals surface area contributed by atoms with Crippen molar-refractivity contribution in [1.29, 1.82) is 0 Å². The minimum absolute atomic E-state index is 0.0155. The number of quaternary nitrogens is 2. The van der Waals surface area contributed by atoms with Crippen LogP contribution >= 0.6 is 0 Å². The van der Waals surface area contributed by atoms with Crippen LogP contribution in [0.25, 0.3) is 0 Å². The van der Waals surface area contributed by atoms with Crippen molar-refractivity contribution in [2.75, 3.05) is 39.8 Å². The molecule has 1 atom stereocenters. The molecule has 2 aromatic carbocycles. The maximum Gasteiger partial charge on any atom is 0.251 e. The molecule has 1 fully saturated rings. The molecule has 0 aliphatic carbocycles. The summed E-state index contributed by atoms with van der Waals surface area (Å²) in [6.07, 6.45) is 0. The van der Waals surface area contributed by atoms with Gasteiger partial charge in [0, 0.05) is 11.1 Å². The van der Waals surface area contributed by atoms with E-state index < -0.39 is 0 Å². The Balaban J connectivity index is 1.70. The van der Waals surface area contributed by atoms with E-state index in [0.29, 0.717) is 12.6 Å². The van der Waals surface area contributed by atoms with Crippen LogP contribution < -0.4 is 15.1 Å². The fourth-order valence-corrected chi connectivity index (χ4v) is 4.06. The Hall–Kier alpha value is -2.17. The molecule has 2 aromatic rings. The van der Waals surface area contributed by atoms with Crippen molar-refractivity contribution in [1.82, 2.24) is 5.32 Å². The van der Waals surface area contributed by atoms with E-state index >= 15 is 0 Å². The zero-order valence-electron chi connectivity index (χ0n) is 18.6. The summed E-state index contributed by atoms with van der Waals surface area (Å²) in [6, 6.07) is 17.1. The minimum atomic E-state index is 0.0155. The molecule has 3 rings (SSSR count). The van der Waals surface area contributed by atoms with E-state index in [2.05, 4.69) is 76.5 Å². The summed E-state index contributed by atoms with van der Waals surface area (Å²) in [6.45, 7) is 14.0. The highest BCUT2D eigenvalue weighted by molar-refractivity contribution is 5.94. The third-order valence-electron chi connectivity index (χ3n) is 6.20. The summed E-state index contributed by atoms with van der Waals surface area (Å²) in [5.74, 6) is 0.0155. The van der Waals surface area contributed by atoms with Crippen LogP contribution in [0.15, 0.2) is 48.5 Å². The quantitative estimate of drug-likeness (QED) is 0.699. The summed E-state index contributed by atoms with van der Waals surface area (Å²) in [5.41, 5.74) is 4.66. The fraction of sp³-hybridized carbons (Fsp3) is 0.480. The molecule has 156 valence electrons. The van der Waals surface area contributed by atoms with Gasteiger partial charge in [-0.05, 0) is 30.0 Å². The molecule has 1 amide bonds. The van der Waals surface area contributed by atoms with Gasteiger partial charge >= 0.3 is 0 Å². The minimum Gasteiger partial charge on any atom is -0.346 e. The van der Waals surface area contributed by atoms with Gasteiger partial charge in [0.25, 0.3) is 5.91 Å². The zero-order valence-corrected chi connectivity index (χ0v) is 18.6. The molecular weight excluding hydrogens is 358 g/mol. The van der Waals surface area contributed by atoms with Crippen LogP contribution in [0.3, 0.4) is 0 Å². The first-order chi connectivity index (χ1) is 13.7. The molecule has 0 aromatic heterocycles. The summed E-state index contributed by atoms with van der Waals surface area (Å²) in [7, 11) is 2.26. The lowest BCUT2D eigenvalue weighted by atomic mass is 9.87. The number of benzene rings is 2. The van der Waals surface area contributed by atoms with Crippen LogP contribution in [-0.2, 0) is 5.41 Å². The maximum absolute atomic E-state index is 12.8. The average molecular weight is 396 g/mol. The van der Waals surface area contributed by atoms with Gasteiger partial charge in [0.2, 0.25) is 0 Å². The van der Waals surface area contributed by atoms with Crippen molar-refractivity contribution < 1.29 is 14.6 Å². The molecule has 0 unspecified atom stereocenters. The normalized spacial score (nSPS) is 20.9. The Kier molecular flexibility index (Phi) is 6.76. The van der Waals surface area contributed by atoms with Gasteiger partial charge in [-0.3, -0.25) is 4.79 Å². The first-order valence-electron chi connectivity index (χ1n) is 10.9. The number of likely N-dealkylation sites (N-methyl/N-ethyl adjacent to an activating group) is 1. The van der Waals surface area contributed by atoms with Gasteiger partial charge in [0.15, 0.2) is 0 Å². The number of nitrogens with one attached hydrogen (secondary N) is 3. The van der Waals surface area contributed by atoms with Crippen LogP contribution in [0.4, 0.5) is 0 Å². The first kappa shape index (κ1) is 21.5. The second-order valence-corrected chi connectivity index (χ2v) is 9.62. The van der Waals surface area contributed by atoms with E-state index in [1.165, 1.54) is 29.8 Å². The van der Waals surface area contributed by atoms with Gasteiger partial charge < -0.3 is 15.1 Å². The van der Waals surface area contributed by atoms with E-state index in [0.717, 1.165) is 18.7 Å². The van der Waals surface area contributed by atoms with Crippen LogP contribution in [0.5, 0.6) is 0 Å². The molecule has 1 aliphatic heterocycles. The maximum atomic E-state index is 12.8. The lowest BCUT2D eigenvalue weighted by Crippen LogP contribution is -3.27. The monoisotopic (exact) mass is 395 g/mol. The SMILES string of the molecule is Cc1ccc([C@H](CNC(=O)c2ccc(C(C)(C)C)cc2)[NH+]2CC[NH+](C)CC2)cc1. The van der Waals surface area contributed by atoms with Crippen LogP contribution in [-0.4, -0.2) is 45.7 Å². The van der Waals surface area contributed by atoms with Gasteiger partial charge in [-0.15, -0.1) is 0 Å². The smallest absolute Gasteiger partial charge is 0.251 e. The Labute approximate surface area is 175 Å². The van der Waals surface area contributed by atoms with Crippen LogP contribution in [0, 0.1) is 6.92 Å². The predicted molar refractivity (Wildman–Crippen MR) is 119 cm³/mol. The predicted octanol–water partition coefficient (Wildman–Crippen LogP) is 1.18. The highest BCUT2D eigenvalue weighted by atomic mass is 16.1. The third-order valence-corrected chi connectivity index (χ3v) is 6.20. The number of aryl methyl sites for hydroxylation is 1. The molecule has 0 saturated carbocycles. The van der Waals surface area contributed by atoms with E-state index in [-0.39, 0.29) is 11.3 Å². The van der Waals surface area contributed by atoms with Crippen molar-refractivity contribution in [3.63, 3.8) is 0 Å². The molecule has 1 heterocycles. The molecule has 1 saturated heterocycles. The Bertz CT molecular complexity index is 797. The number of rotatable bonds is 5. The number of carbonyl (C=O) groups excluding carboxylic acids is 1. The Morgan fingerprint density at radius 2 is 1.55 bits per heavy atom. The van der Waals surface area contributed by atoms with Gasteiger partial charge in [-0.25, -0.2) is 0 Å². The number of hydrogen-bond acceptors (Lipinski definition) is 1. The van der Waals surface area contributed by atoms with Crippen molar-refractivity contribution in [2.45, 2.75) is 39.2 Å². The van der Waals surface area contributed by atoms with E-state index in [4.69, 9.17) is 0 Å². The highest BCUT2D eigenvalue weighted by Gasteiger charge is 2.29. The van der Waals surface area contributed by atoms with E-state index in [9.17, 15) is 4.79 Å². The standard InChI is InChI=1S/C25H35N3O/c1-19-6-8-20(9-7-19)23(28-16-14-27(5)15-17-28)18-26-24(29)21-10-12-22(13-11-21)25(2,3)4/h6-13,23H,14-18H2,1-5H3,(H,26,29)/p+2/t23-/m0/s1. The van der Waals surface area contributed by atoms with Gasteiger partial charge in [0.1, 0.15) is 32.2 Å². The second-order valence-electron chi connectivity index (χ2n) is 9.62. The Morgan fingerprint density at radius 3 is 2.10 bits per heavy atom. The van der Waals surface area contributed by atoms with Crippen molar-refractivity contribution in [2.24, 2.45) is 0 Å². The molecule has 0 radical (unpaired) electrons. The molecule has 1 aliphatic rings. The van der Waals surface area contributed by atoms with Crippen molar-refractivity contribution >= 4 is 5.91 Å². The molecule has 4 heteroatoms. The van der Waals surface area contributed by atoms with Gasteiger partial charge in [-0.1, -0.05) is 62.7 Å². The zero-order chi connectivity index (χ0) is 21.0. The van der Waals surface area contributed by atoms with Crippen molar-refractivity contribution in [3.8, 4) is 0 Å². The second kappa shape index (κ2) is 9.10. The largest absolute Gasteiger partial charge is 0.346 e. The summed E-state index contributed by atoms with van der Waals surface area (Å²) in [4.78, 5) is 16.0. The third kappa shape index (κ3) is 5.68. The first-order valence-corrected chi connectivity index (χ1v) is 10.9. The number of piperazine rings is 1. The highest BCUT2D eigenvalue weighted by Crippen LogP contribution is 2.22. The molecule has 0 spiro atoms. The lowest BCUT2D eigenvalue weighted by molar-refractivity contribution is -1.02. The van der Waals surface area contributed by atoms with Gasteiger partial charge in [-0.2, -0.15) is 0 Å². The average Bonchev–Trinajstić information content (AvgIpc) is 2.70. The summed E-state index contributed by atoms with van der Waals surface area (Å²) in [5, 5.41) is 3.21. The lowest BCUT2D eigenvalue weighted by Gasteiger charge is -2.33. The molecule has 4 nitrogen and oxygen atoms in total. The fourth-order valence-electron chi connectivity index (χ4n) is 4.06. The molecular formula is C25H37N3O+2. The molecule has 0 bridgehead atoms. The van der Waals surface area contributed by atoms with E-state index in [1.54, 1.807) is 9.80 Å². The summed E-state index contributed by atoms with van der Waals surface area (Å²) < 4.78 is 0.